The smallest absolute Gasteiger partial charge is 0.412 e. The molecule has 8 heteroatoms. The van der Waals surface area contributed by atoms with Crippen LogP contribution in [0.3, 0.4) is 0 Å². The van der Waals surface area contributed by atoms with Gasteiger partial charge in [-0.2, -0.15) is 18.3 Å². The number of carbonyl (C=O) groups excluding carboxylic acids is 1. The Labute approximate surface area is 137 Å². The molecule has 1 aromatic heterocycles. The zero-order chi connectivity index (χ0) is 17.9. The van der Waals surface area contributed by atoms with E-state index >= 15 is 0 Å². The summed E-state index contributed by atoms with van der Waals surface area (Å²) < 4.78 is 44.9. The van der Waals surface area contributed by atoms with Gasteiger partial charge < -0.3 is 10.1 Å². The fraction of sp³-hybridized carbons (Fsp3) is 0.375. The van der Waals surface area contributed by atoms with Crippen molar-refractivity contribution in [3.8, 4) is 5.75 Å². The van der Waals surface area contributed by atoms with Gasteiger partial charge in [-0.3, -0.25) is 9.89 Å². The van der Waals surface area contributed by atoms with Crippen molar-refractivity contribution in [3.63, 3.8) is 0 Å². The third-order valence-electron chi connectivity index (χ3n) is 3.70. The SMILES string of the molecule is COc1ccc([C@H](NC(=O)Cc2c(C)n[nH]c2C)C(F)(F)F)cc1. The fourth-order valence-corrected chi connectivity index (χ4v) is 2.36. The van der Waals surface area contributed by atoms with Crippen molar-refractivity contribution >= 4 is 5.91 Å². The van der Waals surface area contributed by atoms with Gasteiger partial charge in [-0.25, -0.2) is 0 Å². The number of halogens is 3. The molecule has 0 unspecified atom stereocenters. The fourth-order valence-electron chi connectivity index (χ4n) is 2.36. The maximum absolute atomic E-state index is 13.3. The second-order valence-corrected chi connectivity index (χ2v) is 5.40. The first-order valence-electron chi connectivity index (χ1n) is 7.23. The molecule has 24 heavy (non-hydrogen) atoms. The van der Waals surface area contributed by atoms with E-state index in [1.807, 2.05) is 0 Å². The predicted octanol–water partition coefficient (Wildman–Crippen LogP) is 3.00. The summed E-state index contributed by atoms with van der Waals surface area (Å²) in [6.07, 6.45) is -4.78. The minimum atomic E-state index is -4.61. The van der Waals surface area contributed by atoms with Gasteiger partial charge in [0.15, 0.2) is 6.04 Å². The van der Waals surface area contributed by atoms with Gasteiger partial charge in [-0.15, -0.1) is 0 Å². The zero-order valence-electron chi connectivity index (χ0n) is 13.5. The summed E-state index contributed by atoms with van der Waals surface area (Å²) in [5.41, 5.74) is 1.80. The zero-order valence-corrected chi connectivity index (χ0v) is 13.5. The number of benzene rings is 1. The van der Waals surface area contributed by atoms with Gasteiger partial charge >= 0.3 is 6.18 Å². The number of hydrogen-bond acceptors (Lipinski definition) is 3. The van der Waals surface area contributed by atoms with Gasteiger partial charge in [-0.05, 0) is 31.5 Å². The maximum atomic E-state index is 13.3. The number of alkyl halides is 3. The predicted molar refractivity (Wildman–Crippen MR) is 81.7 cm³/mol. The molecule has 0 fully saturated rings. The molecule has 2 aromatic rings. The molecule has 0 spiro atoms. The molecular formula is C16H18F3N3O2. The monoisotopic (exact) mass is 341 g/mol. The van der Waals surface area contributed by atoms with Gasteiger partial charge in [0.2, 0.25) is 5.91 Å². The molecule has 130 valence electrons. The van der Waals surface area contributed by atoms with Crippen molar-refractivity contribution in [2.75, 3.05) is 7.11 Å². The summed E-state index contributed by atoms with van der Waals surface area (Å²) in [5.74, 6) is -0.281. The number of methoxy groups -OCH3 is 1. The molecule has 1 heterocycles. The molecule has 0 aliphatic rings. The van der Waals surface area contributed by atoms with Crippen molar-refractivity contribution < 1.29 is 22.7 Å². The highest BCUT2D eigenvalue weighted by atomic mass is 19.4. The van der Waals surface area contributed by atoms with Gasteiger partial charge in [0.05, 0.1) is 19.2 Å². The van der Waals surface area contributed by atoms with Gasteiger partial charge in [0, 0.05) is 11.3 Å². The second kappa shape index (κ2) is 6.94. The number of hydrogen-bond donors (Lipinski definition) is 2. The van der Waals surface area contributed by atoms with Crippen molar-refractivity contribution in [2.45, 2.75) is 32.5 Å². The average molecular weight is 341 g/mol. The highest BCUT2D eigenvalue weighted by molar-refractivity contribution is 5.79. The third kappa shape index (κ3) is 4.06. The molecule has 1 amide bonds. The first-order chi connectivity index (χ1) is 11.2. The van der Waals surface area contributed by atoms with Crippen molar-refractivity contribution in [1.82, 2.24) is 15.5 Å². The molecule has 0 bridgehead atoms. The van der Waals surface area contributed by atoms with Crippen molar-refractivity contribution in [1.29, 1.82) is 0 Å². The van der Waals surface area contributed by atoms with Crippen LogP contribution in [0.4, 0.5) is 13.2 Å². The van der Waals surface area contributed by atoms with Crippen LogP contribution in [-0.4, -0.2) is 29.4 Å². The van der Waals surface area contributed by atoms with E-state index in [0.29, 0.717) is 22.7 Å². The lowest BCUT2D eigenvalue weighted by Crippen LogP contribution is -2.39. The first-order valence-corrected chi connectivity index (χ1v) is 7.23. The van der Waals surface area contributed by atoms with E-state index in [0.717, 1.165) is 0 Å². The van der Waals surface area contributed by atoms with Crippen LogP contribution in [0.2, 0.25) is 0 Å². The highest BCUT2D eigenvalue weighted by Gasteiger charge is 2.41. The molecule has 2 rings (SSSR count). The normalized spacial score (nSPS) is 12.8. The Hall–Kier alpha value is -2.51. The quantitative estimate of drug-likeness (QED) is 0.879. The molecule has 0 saturated heterocycles. The minimum absolute atomic E-state index is 0.0581. The molecule has 0 aliphatic heterocycles. The van der Waals surface area contributed by atoms with Gasteiger partial charge in [-0.1, -0.05) is 12.1 Å². The Morgan fingerprint density at radius 1 is 1.29 bits per heavy atom. The lowest BCUT2D eigenvalue weighted by molar-refractivity contribution is -0.163. The van der Waals surface area contributed by atoms with Crippen LogP contribution >= 0.6 is 0 Å². The standard InChI is InChI=1S/C16H18F3N3O2/c1-9-13(10(2)22-21-9)8-14(23)20-15(16(17,18)19)11-4-6-12(24-3)7-5-11/h4-7,15H,8H2,1-3H3,(H,20,23)(H,21,22)/t15-/m0/s1. The average Bonchev–Trinajstić information content (AvgIpc) is 2.83. The number of aromatic amines is 1. The molecule has 0 saturated carbocycles. The molecule has 5 nitrogen and oxygen atoms in total. The summed E-state index contributed by atoms with van der Waals surface area (Å²) in [4.78, 5) is 12.1. The number of ether oxygens (including phenoxy) is 1. The number of H-pyrrole nitrogens is 1. The molecule has 2 N–H and O–H groups in total. The number of nitrogens with one attached hydrogen (secondary N) is 2. The van der Waals surface area contributed by atoms with Crippen LogP contribution in [0.15, 0.2) is 24.3 Å². The van der Waals surface area contributed by atoms with E-state index in [2.05, 4.69) is 15.5 Å². The van der Waals surface area contributed by atoms with Crippen LogP contribution in [-0.2, 0) is 11.2 Å². The van der Waals surface area contributed by atoms with Crippen LogP contribution in [0.1, 0.15) is 28.6 Å². The Morgan fingerprint density at radius 2 is 1.92 bits per heavy atom. The summed E-state index contributed by atoms with van der Waals surface area (Å²) in [7, 11) is 1.42. The Balaban J connectivity index is 2.18. The van der Waals surface area contributed by atoms with E-state index in [1.165, 1.54) is 31.4 Å². The van der Waals surface area contributed by atoms with Gasteiger partial charge in [0.1, 0.15) is 5.75 Å². The highest BCUT2D eigenvalue weighted by Crippen LogP contribution is 2.33. The minimum Gasteiger partial charge on any atom is -0.497 e. The van der Waals surface area contributed by atoms with Crippen LogP contribution in [0.25, 0.3) is 0 Å². The summed E-state index contributed by atoms with van der Waals surface area (Å²) in [6, 6.07) is 3.33. The van der Waals surface area contributed by atoms with E-state index in [-0.39, 0.29) is 12.0 Å². The van der Waals surface area contributed by atoms with Crippen LogP contribution < -0.4 is 10.1 Å². The topological polar surface area (TPSA) is 67.0 Å². The number of nitrogens with zero attached hydrogens (tertiary/aromatic N) is 1. The lowest BCUT2D eigenvalue weighted by Gasteiger charge is -2.22. The molecule has 0 radical (unpaired) electrons. The lowest BCUT2D eigenvalue weighted by atomic mass is 10.0. The largest absolute Gasteiger partial charge is 0.497 e. The van der Waals surface area contributed by atoms with E-state index < -0.39 is 18.1 Å². The first kappa shape index (κ1) is 17.8. The number of amides is 1. The summed E-state index contributed by atoms with van der Waals surface area (Å²) in [6.45, 7) is 3.41. The number of rotatable bonds is 5. The van der Waals surface area contributed by atoms with Crippen molar-refractivity contribution in [2.24, 2.45) is 0 Å². The van der Waals surface area contributed by atoms with Gasteiger partial charge in [0.25, 0.3) is 0 Å². The molecular weight excluding hydrogens is 323 g/mol. The summed E-state index contributed by atoms with van der Waals surface area (Å²) >= 11 is 0. The third-order valence-corrected chi connectivity index (χ3v) is 3.70. The molecule has 1 atom stereocenters. The molecule has 0 aliphatic carbocycles. The van der Waals surface area contributed by atoms with Crippen molar-refractivity contribution in [3.05, 3.63) is 46.8 Å². The number of carbonyl (C=O) groups is 1. The Kier molecular flexibility index (Phi) is 5.16. The van der Waals surface area contributed by atoms with Crippen LogP contribution in [0, 0.1) is 13.8 Å². The summed E-state index contributed by atoms with van der Waals surface area (Å²) in [5, 5.41) is 8.69. The second-order valence-electron chi connectivity index (χ2n) is 5.40. The number of aryl methyl sites for hydroxylation is 2. The Bertz CT molecular complexity index is 689. The number of aromatic nitrogens is 2. The Morgan fingerprint density at radius 3 is 2.38 bits per heavy atom. The van der Waals surface area contributed by atoms with E-state index in [9.17, 15) is 18.0 Å². The molecule has 1 aromatic carbocycles. The van der Waals surface area contributed by atoms with Crippen LogP contribution in [0.5, 0.6) is 5.75 Å². The maximum Gasteiger partial charge on any atom is 0.412 e. The van der Waals surface area contributed by atoms with E-state index in [1.54, 1.807) is 13.8 Å². The van der Waals surface area contributed by atoms with E-state index in [4.69, 9.17) is 4.74 Å².